The molecule has 0 aliphatic rings. The molecule has 0 fully saturated rings. The molecule has 3 rings (SSSR count). The van der Waals surface area contributed by atoms with Gasteiger partial charge >= 0.3 is 0 Å². The fraction of sp³-hybridized carbons (Fsp3) is 0.0714. The second-order valence-electron chi connectivity index (χ2n) is 4.76. The molecule has 2 aromatic heterocycles. The average Bonchev–Trinajstić information content (AvgIpc) is 3.09. The molecule has 8 nitrogen and oxygen atoms in total. The van der Waals surface area contributed by atoms with Crippen molar-refractivity contribution in [1.29, 1.82) is 0 Å². The summed E-state index contributed by atoms with van der Waals surface area (Å²) in [4.78, 5) is 27.2. The summed E-state index contributed by atoms with van der Waals surface area (Å²) >= 11 is 7.21. The van der Waals surface area contributed by atoms with E-state index < -0.39 is 4.92 Å². The highest BCUT2D eigenvalue weighted by molar-refractivity contribution is 7.15. The lowest BCUT2D eigenvalue weighted by atomic mass is 10.2. The maximum atomic E-state index is 11.8. The molecule has 0 atom stereocenters. The number of halogens is 1. The zero-order valence-corrected chi connectivity index (χ0v) is 13.6. The first-order chi connectivity index (χ1) is 11.5. The minimum absolute atomic E-state index is 0.0425. The van der Waals surface area contributed by atoms with Crippen LogP contribution in [-0.2, 0) is 11.2 Å². The smallest absolute Gasteiger partial charge is 0.288 e. The summed E-state index contributed by atoms with van der Waals surface area (Å²) in [5.41, 5.74) is 3.23. The molecule has 2 heterocycles. The molecule has 1 N–H and O–H groups in total. The van der Waals surface area contributed by atoms with Crippen LogP contribution >= 0.6 is 22.9 Å². The van der Waals surface area contributed by atoms with E-state index in [9.17, 15) is 14.9 Å². The Labute approximate surface area is 144 Å². The highest BCUT2D eigenvalue weighted by atomic mass is 35.5. The molecule has 1 aromatic carbocycles. The number of carbonyl (C=O) groups excluding carboxylic acids is 1. The largest absolute Gasteiger partial charge is 0.297 e. The van der Waals surface area contributed by atoms with Crippen LogP contribution in [0.1, 0.15) is 11.3 Å². The van der Waals surface area contributed by atoms with Crippen molar-refractivity contribution >= 4 is 45.7 Å². The van der Waals surface area contributed by atoms with Crippen LogP contribution in [0.3, 0.4) is 0 Å². The molecule has 0 bridgehead atoms. The van der Waals surface area contributed by atoms with E-state index in [1.54, 1.807) is 12.3 Å². The van der Waals surface area contributed by atoms with Crippen LogP contribution in [0.2, 0.25) is 5.02 Å². The molecule has 122 valence electrons. The summed E-state index contributed by atoms with van der Waals surface area (Å²) in [6.07, 6.45) is 5.04. The standard InChI is InChI=1S/C14H10ClN5O3S/c15-11-2-1-9(5-12(11)20(22)23)7-16-18-13(21)6-10-8-19-3-4-24-14(19)17-10/h1-5,7-8H,6H2,(H,18,21). The maximum absolute atomic E-state index is 11.8. The third-order valence-electron chi connectivity index (χ3n) is 3.05. The zero-order valence-electron chi connectivity index (χ0n) is 12.0. The van der Waals surface area contributed by atoms with Crippen molar-refractivity contribution < 1.29 is 9.72 Å². The van der Waals surface area contributed by atoms with Gasteiger partial charge in [-0.1, -0.05) is 17.7 Å². The number of benzene rings is 1. The first kappa shape index (κ1) is 16.1. The van der Waals surface area contributed by atoms with Crippen LogP contribution in [0.5, 0.6) is 0 Å². The predicted molar refractivity (Wildman–Crippen MR) is 90.6 cm³/mol. The van der Waals surface area contributed by atoms with Crippen molar-refractivity contribution in [2.75, 3.05) is 0 Å². The minimum atomic E-state index is -0.581. The summed E-state index contributed by atoms with van der Waals surface area (Å²) in [7, 11) is 0. The van der Waals surface area contributed by atoms with Gasteiger partial charge in [-0.3, -0.25) is 19.3 Å². The predicted octanol–water partition coefficient (Wildman–Crippen LogP) is 2.65. The molecule has 1 amide bonds. The molecular weight excluding hydrogens is 354 g/mol. The van der Waals surface area contributed by atoms with E-state index in [0.29, 0.717) is 11.3 Å². The van der Waals surface area contributed by atoms with Gasteiger partial charge in [0.15, 0.2) is 4.96 Å². The van der Waals surface area contributed by atoms with Gasteiger partial charge in [0.1, 0.15) is 5.02 Å². The van der Waals surface area contributed by atoms with Gasteiger partial charge in [0.25, 0.3) is 5.69 Å². The molecule has 0 unspecified atom stereocenters. The Morgan fingerprint density at radius 2 is 2.38 bits per heavy atom. The number of imidazole rings is 1. The first-order valence-electron chi connectivity index (χ1n) is 6.70. The zero-order chi connectivity index (χ0) is 17.1. The number of thiazole rings is 1. The number of amides is 1. The van der Waals surface area contributed by atoms with Crippen molar-refractivity contribution in [1.82, 2.24) is 14.8 Å². The summed E-state index contributed by atoms with van der Waals surface area (Å²) in [6, 6.07) is 4.25. The Kier molecular flexibility index (Phi) is 4.54. The van der Waals surface area contributed by atoms with Crippen molar-refractivity contribution in [2.24, 2.45) is 5.10 Å². The molecule has 0 spiro atoms. The number of hydrazone groups is 1. The summed E-state index contributed by atoms with van der Waals surface area (Å²) < 4.78 is 1.84. The topological polar surface area (TPSA) is 102 Å². The van der Waals surface area contributed by atoms with Gasteiger partial charge in [0.05, 0.1) is 23.3 Å². The Morgan fingerprint density at radius 3 is 3.12 bits per heavy atom. The van der Waals surface area contributed by atoms with Gasteiger partial charge in [-0.25, -0.2) is 10.4 Å². The lowest BCUT2D eigenvalue weighted by Crippen LogP contribution is -2.19. The molecule has 0 aliphatic carbocycles. The van der Waals surface area contributed by atoms with Crippen molar-refractivity contribution in [3.05, 3.63) is 62.4 Å². The van der Waals surface area contributed by atoms with Gasteiger partial charge in [-0.2, -0.15) is 5.10 Å². The van der Waals surface area contributed by atoms with Crippen LogP contribution in [0, 0.1) is 10.1 Å². The second kappa shape index (κ2) is 6.77. The third kappa shape index (κ3) is 3.58. The summed E-state index contributed by atoms with van der Waals surface area (Å²) in [6.45, 7) is 0. The van der Waals surface area contributed by atoms with Crippen molar-refractivity contribution in [3.63, 3.8) is 0 Å². The van der Waals surface area contributed by atoms with Crippen LogP contribution < -0.4 is 5.43 Å². The summed E-state index contributed by atoms with van der Waals surface area (Å²) in [5.74, 6) is -0.333. The van der Waals surface area contributed by atoms with E-state index in [-0.39, 0.29) is 23.0 Å². The van der Waals surface area contributed by atoms with Crippen molar-refractivity contribution in [2.45, 2.75) is 6.42 Å². The normalized spacial score (nSPS) is 11.2. The molecule has 0 saturated heterocycles. The quantitative estimate of drug-likeness (QED) is 0.427. The molecule has 3 aromatic rings. The van der Waals surface area contributed by atoms with Crippen LogP contribution in [0.15, 0.2) is 41.1 Å². The Bertz CT molecular complexity index is 920. The fourth-order valence-corrected chi connectivity index (χ4v) is 2.90. The first-order valence-corrected chi connectivity index (χ1v) is 7.95. The van der Waals surface area contributed by atoms with Gasteiger partial charge < -0.3 is 0 Å². The number of aromatic nitrogens is 2. The lowest BCUT2D eigenvalue weighted by molar-refractivity contribution is -0.384. The number of rotatable bonds is 5. The molecule has 0 saturated carbocycles. The molecule has 0 aliphatic heterocycles. The number of carbonyl (C=O) groups is 1. The molecule has 10 heteroatoms. The molecule has 24 heavy (non-hydrogen) atoms. The van der Waals surface area contributed by atoms with Crippen LogP contribution in [-0.4, -0.2) is 26.4 Å². The highest BCUT2D eigenvalue weighted by Gasteiger charge is 2.12. The Hall–Kier alpha value is -2.78. The Balaban J connectivity index is 1.61. The van der Waals surface area contributed by atoms with Crippen LogP contribution in [0.25, 0.3) is 4.96 Å². The van der Waals surface area contributed by atoms with E-state index in [1.807, 2.05) is 16.0 Å². The monoisotopic (exact) mass is 363 g/mol. The van der Waals surface area contributed by atoms with Gasteiger partial charge in [-0.05, 0) is 6.07 Å². The van der Waals surface area contributed by atoms with Gasteiger partial charge in [0, 0.05) is 29.4 Å². The number of hydrogen-bond acceptors (Lipinski definition) is 6. The number of nitro groups is 1. The van der Waals surface area contributed by atoms with Crippen molar-refractivity contribution in [3.8, 4) is 0 Å². The van der Waals surface area contributed by atoms with E-state index in [1.165, 1.54) is 29.7 Å². The summed E-state index contributed by atoms with van der Waals surface area (Å²) in [5, 5.41) is 16.5. The number of fused-ring (bicyclic) bond motifs is 1. The highest BCUT2D eigenvalue weighted by Crippen LogP contribution is 2.24. The van der Waals surface area contributed by atoms with Gasteiger partial charge in [0.2, 0.25) is 5.91 Å². The van der Waals surface area contributed by atoms with E-state index in [0.717, 1.165) is 4.96 Å². The minimum Gasteiger partial charge on any atom is -0.297 e. The number of nitrogens with zero attached hydrogens (tertiary/aromatic N) is 4. The van der Waals surface area contributed by atoms with E-state index >= 15 is 0 Å². The molecule has 0 radical (unpaired) electrons. The van der Waals surface area contributed by atoms with Crippen LogP contribution in [0.4, 0.5) is 5.69 Å². The van der Waals surface area contributed by atoms with E-state index in [4.69, 9.17) is 11.6 Å². The third-order valence-corrected chi connectivity index (χ3v) is 4.14. The number of nitrogens with one attached hydrogen (secondary N) is 1. The second-order valence-corrected chi connectivity index (χ2v) is 6.04. The number of hydrogen-bond donors (Lipinski definition) is 1. The Morgan fingerprint density at radius 1 is 1.54 bits per heavy atom. The average molecular weight is 364 g/mol. The molecular formula is C14H10ClN5O3S. The number of nitro benzene ring substituents is 1. The maximum Gasteiger partial charge on any atom is 0.288 e. The van der Waals surface area contributed by atoms with E-state index in [2.05, 4.69) is 15.5 Å². The fourth-order valence-electron chi connectivity index (χ4n) is 1.99. The lowest BCUT2D eigenvalue weighted by Gasteiger charge is -1.98. The van der Waals surface area contributed by atoms with Gasteiger partial charge in [-0.15, -0.1) is 11.3 Å². The SMILES string of the molecule is O=C(Cc1cn2ccsc2n1)NN=Cc1ccc(Cl)c([N+](=O)[O-])c1.